The standard InChI is InChI=1S/C15H13BrIN/c16-12-3-6-14-11(9-12)7-8-18-15(14)10-1-4-13(17)5-2-10/h1-6,9,15,18H,7-8H2. The van der Waals surface area contributed by atoms with E-state index in [2.05, 4.69) is 86.3 Å². The molecule has 0 aliphatic carbocycles. The Hall–Kier alpha value is -0.390. The summed E-state index contributed by atoms with van der Waals surface area (Å²) >= 11 is 5.90. The minimum Gasteiger partial charge on any atom is -0.306 e. The quantitative estimate of drug-likeness (QED) is 0.687. The molecule has 0 bridgehead atoms. The summed E-state index contributed by atoms with van der Waals surface area (Å²) in [4.78, 5) is 0. The van der Waals surface area contributed by atoms with Crippen LogP contribution >= 0.6 is 38.5 Å². The lowest BCUT2D eigenvalue weighted by atomic mass is 9.90. The second kappa shape index (κ2) is 5.31. The van der Waals surface area contributed by atoms with Crippen molar-refractivity contribution >= 4 is 38.5 Å². The molecule has 0 saturated carbocycles. The van der Waals surface area contributed by atoms with Gasteiger partial charge in [0.15, 0.2) is 0 Å². The second-order valence-electron chi connectivity index (χ2n) is 4.53. The van der Waals surface area contributed by atoms with Crippen molar-refractivity contribution in [3.8, 4) is 0 Å². The van der Waals surface area contributed by atoms with Gasteiger partial charge in [-0.05, 0) is 70.0 Å². The molecule has 2 aromatic rings. The number of benzene rings is 2. The zero-order valence-electron chi connectivity index (χ0n) is 9.79. The summed E-state index contributed by atoms with van der Waals surface area (Å²) in [6.07, 6.45) is 1.11. The molecule has 1 unspecified atom stereocenters. The van der Waals surface area contributed by atoms with Crippen molar-refractivity contribution in [3.63, 3.8) is 0 Å². The molecule has 0 spiro atoms. The Balaban J connectivity index is 2.03. The fraction of sp³-hybridized carbons (Fsp3) is 0.200. The Morgan fingerprint density at radius 3 is 2.67 bits per heavy atom. The van der Waals surface area contributed by atoms with Crippen molar-refractivity contribution in [2.24, 2.45) is 0 Å². The first-order valence-corrected chi connectivity index (χ1v) is 7.88. The van der Waals surface area contributed by atoms with Gasteiger partial charge < -0.3 is 5.32 Å². The molecule has 1 heterocycles. The largest absolute Gasteiger partial charge is 0.306 e. The lowest BCUT2D eigenvalue weighted by molar-refractivity contribution is 0.567. The highest BCUT2D eigenvalue weighted by atomic mass is 127. The van der Waals surface area contributed by atoms with Crippen LogP contribution in [0.15, 0.2) is 46.9 Å². The Morgan fingerprint density at radius 1 is 1.11 bits per heavy atom. The zero-order chi connectivity index (χ0) is 12.5. The second-order valence-corrected chi connectivity index (χ2v) is 6.69. The van der Waals surface area contributed by atoms with E-state index in [9.17, 15) is 0 Å². The molecule has 3 rings (SSSR count). The molecule has 1 aliphatic rings. The van der Waals surface area contributed by atoms with Crippen LogP contribution in [-0.2, 0) is 6.42 Å². The predicted octanol–water partition coefficient (Wildman–Crippen LogP) is 4.29. The van der Waals surface area contributed by atoms with Crippen molar-refractivity contribution in [2.75, 3.05) is 6.54 Å². The fourth-order valence-electron chi connectivity index (χ4n) is 2.49. The first-order valence-electron chi connectivity index (χ1n) is 6.01. The summed E-state index contributed by atoms with van der Waals surface area (Å²) in [5.41, 5.74) is 4.20. The van der Waals surface area contributed by atoms with Gasteiger partial charge in [0.05, 0.1) is 6.04 Å². The number of hydrogen-bond donors (Lipinski definition) is 1. The van der Waals surface area contributed by atoms with Crippen LogP contribution in [0.3, 0.4) is 0 Å². The molecular weight excluding hydrogens is 401 g/mol. The van der Waals surface area contributed by atoms with E-state index in [4.69, 9.17) is 0 Å². The molecule has 1 nitrogen and oxygen atoms in total. The third kappa shape index (κ3) is 2.49. The number of fused-ring (bicyclic) bond motifs is 1. The molecule has 3 heteroatoms. The summed E-state index contributed by atoms with van der Waals surface area (Å²) in [5, 5.41) is 3.61. The van der Waals surface area contributed by atoms with Crippen LogP contribution in [0, 0.1) is 3.57 Å². The average molecular weight is 414 g/mol. The van der Waals surface area contributed by atoms with Crippen LogP contribution in [-0.4, -0.2) is 6.54 Å². The third-order valence-corrected chi connectivity index (χ3v) is 4.57. The number of rotatable bonds is 1. The number of nitrogens with one attached hydrogen (secondary N) is 1. The van der Waals surface area contributed by atoms with Gasteiger partial charge in [-0.25, -0.2) is 0 Å². The van der Waals surface area contributed by atoms with Gasteiger partial charge in [-0.15, -0.1) is 0 Å². The molecule has 1 aliphatic heterocycles. The molecule has 18 heavy (non-hydrogen) atoms. The third-order valence-electron chi connectivity index (χ3n) is 3.36. The van der Waals surface area contributed by atoms with Gasteiger partial charge in [-0.1, -0.05) is 34.1 Å². The van der Waals surface area contributed by atoms with Crippen LogP contribution in [0.4, 0.5) is 0 Å². The summed E-state index contributed by atoms with van der Waals surface area (Å²) in [7, 11) is 0. The molecule has 0 amide bonds. The van der Waals surface area contributed by atoms with Gasteiger partial charge in [0.25, 0.3) is 0 Å². The zero-order valence-corrected chi connectivity index (χ0v) is 13.5. The Morgan fingerprint density at radius 2 is 1.89 bits per heavy atom. The lowest BCUT2D eigenvalue weighted by Crippen LogP contribution is -2.30. The summed E-state index contributed by atoms with van der Waals surface area (Å²) in [6.45, 7) is 1.04. The smallest absolute Gasteiger partial charge is 0.0579 e. The highest BCUT2D eigenvalue weighted by Crippen LogP contribution is 2.30. The molecule has 0 fully saturated rings. The molecule has 0 saturated heterocycles. The Bertz CT molecular complexity index is 565. The van der Waals surface area contributed by atoms with Crippen LogP contribution in [0.2, 0.25) is 0 Å². The maximum atomic E-state index is 3.61. The monoisotopic (exact) mass is 413 g/mol. The first kappa shape index (κ1) is 12.6. The molecular formula is C15H13BrIN. The van der Waals surface area contributed by atoms with E-state index in [1.807, 2.05) is 0 Å². The maximum absolute atomic E-state index is 3.61. The van der Waals surface area contributed by atoms with Crippen LogP contribution in [0.5, 0.6) is 0 Å². The van der Waals surface area contributed by atoms with Crippen molar-refractivity contribution in [1.29, 1.82) is 0 Å². The van der Waals surface area contributed by atoms with E-state index in [1.165, 1.54) is 24.7 Å². The van der Waals surface area contributed by atoms with E-state index in [1.54, 1.807) is 0 Å². The topological polar surface area (TPSA) is 12.0 Å². The van der Waals surface area contributed by atoms with Crippen molar-refractivity contribution in [1.82, 2.24) is 5.32 Å². The van der Waals surface area contributed by atoms with Crippen LogP contribution in [0.1, 0.15) is 22.7 Å². The average Bonchev–Trinajstić information content (AvgIpc) is 2.38. The van der Waals surface area contributed by atoms with Gasteiger partial charge in [0.2, 0.25) is 0 Å². The van der Waals surface area contributed by atoms with Gasteiger partial charge in [-0.2, -0.15) is 0 Å². The van der Waals surface area contributed by atoms with Gasteiger partial charge in [0, 0.05) is 14.6 Å². The summed E-state index contributed by atoms with van der Waals surface area (Å²) in [5.74, 6) is 0. The molecule has 92 valence electrons. The first-order chi connectivity index (χ1) is 8.74. The highest BCUT2D eigenvalue weighted by Gasteiger charge is 2.20. The maximum Gasteiger partial charge on any atom is 0.0579 e. The normalized spacial score (nSPS) is 18.4. The van der Waals surface area contributed by atoms with E-state index < -0.39 is 0 Å². The molecule has 2 aromatic carbocycles. The highest BCUT2D eigenvalue weighted by molar-refractivity contribution is 14.1. The fourth-order valence-corrected chi connectivity index (χ4v) is 3.25. The van der Waals surface area contributed by atoms with E-state index in [0.717, 1.165) is 13.0 Å². The van der Waals surface area contributed by atoms with Gasteiger partial charge in [0.1, 0.15) is 0 Å². The number of halogens is 2. The summed E-state index contributed by atoms with van der Waals surface area (Å²) in [6, 6.07) is 15.7. The molecule has 1 N–H and O–H groups in total. The lowest BCUT2D eigenvalue weighted by Gasteiger charge is -2.27. The Kier molecular flexibility index (Phi) is 3.73. The van der Waals surface area contributed by atoms with E-state index >= 15 is 0 Å². The Labute approximate surface area is 129 Å². The minimum atomic E-state index is 0.332. The van der Waals surface area contributed by atoms with Crippen molar-refractivity contribution < 1.29 is 0 Å². The SMILES string of the molecule is Brc1ccc2c(c1)CCNC2c1ccc(I)cc1. The predicted molar refractivity (Wildman–Crippen MR) is 86.9 cm³/mol. The summed E-state index contributed by atoms with van der Waals surface area (Å²) < 4.78 is 2.45. The van der Waals surface area contributed by atoms with E-state index in [-0.39, 0.29) is 0 Å². The molecule has 1 atom stereocenters. The van der Waals surface area contributed by atoms with Crippen molar-refractivity contribution in [2.45, 2.75) is 12.5 Å². The number of hydrogen-bond acceptors (Lipinski definition) is 1. The van der Waals surface area contributed by atoms with Crippen LogP contribution < -0.4 is 5.32 Å². The molecule has 0 radical (unpaired) electrons. The van der Waals surface area contributed by atoms with Crippen LogP contribution in [0.25, 0.3) is 0 Å². The van der Waals surface area contributed by atoms with Gasteiger partial charge in [-0.3, -0.25) is 0 Å². The molecule has 0 aromatic heterocycles. The van der Waals surface area contributed by atoms with Crippen molar-refractivity contribution in [3.05, 3.63) is 67.2 Å². The van der Waals surface area contributed by atoms with E-state index in [0.29, 0.717) is 6.04 Å². The van der Waals surface area contributed by atoms with Gasteiger partial charge >= 0.3 is 0 Å². The minimum absolute atomic E-state index is 0.332.